The molecule has 0 radical (unpaired) electrons. The van der Waals surface area contributed by atoms with Crippen LogP contribution < -0.4 is 5.32 Å². The lowest BCUT2D eigenvalue weighted by atomic mass is 9.62. The molecule has 0 aromatic heterocycles. The number of esters is 2. The molecule has 2 aliphatic carbocycles. The Morgan fingerprint density at radius 1 is 1.16 bits per heavy atom. The van der Waals surface area contributed by atoms with Gasteiger partial charge in [0.2, 0.25) is 0 Å². The number of allylic oxidation sites excluding steroid dienone is 3. The molecule has 2 bridgehead atoms. The molecule has 3 aliphatic rings. The maximum absolute atomic E-state index is 13.7. The van der Waals surface area contributed by atoms with Crippen LogP contribution >= 0.6 is 0 Å². The third-order valence-electron chi connectivity index (χ3n) is 8.13. The van der Waals surface area contributed by atoms with Gasteiger partial charge in [0.25, 0.3) is 5.91 Å². The zero-order chi connectivity index (χ0) is 27.0. The van der Waals surface area contributed by atoms with Gasteiger partial charge in [-0.15, -0.1) is 0 Å². The van der Waals surface area contributed by atoms with Crippen molar-refractivity contribution in [1.29, 1.82) is 0 Å². The fraction of sp³-hybridized carbons (Fsp3) is 0.448. The highest BCUT2D eigenvalue weighted by Gasteiger charge is 2.74. The van der Waals surface area contributed by atoms with Gasteiger partial charge in [0.1, 0.15) is 16.6 Å². The number of hydrogen-bond donors (Lipinski definition) is 2. The van der Waals surface area contributed by atoms with E-state index in [9.17, 15) is 19.2 Å². The molecule has 2 fully saturated rings. The summed E-state index contributed by atoms with van der Waals surface area (Å²) in [6.07, 6.45) is 8.37. The van der Waals surface area contributed by atoms with Crippen LogP contribution in [0.15, 0.2) is 59.7 Å². The average molecular weight is 508 g/mol. The number of ether oxygens (including phenoxy) is 2. The summed E-state index contributed by atoms with van der Waals surface area (Å²) in [6.45, 7) is 6.54. The highest BCUT2D eigenvalue weighted by Crippen LogP contribution is 2.65. The van der Waals surface area contributed by atoms with Gasteiger partial charge in [-0.2, -0.15) is 0 Å². The molecule has 196 valence electrons. The molecule has 8 nitrogen and oxygen atoms in total. The second-order valence-corrected chi connectivity index (χ2v) is 10.5. The smallest absolute Gasteiger partial charge is 0.331 e. The number of anilines is 1. The van der Waals surface area contributed by atoms with Crippen LogP contribution in [0, 0.1) is 18.3 Å². The molecule has 1 aromatic rings. The monoisotopic (exact) mass is 507 g/mol. The van der Waals surface area contributed by atoms with Gasteiger partial charge >= 0.3 is 17.9 Å². The molecule has 1 saturated heterocycles. The molecule has 1 heterocycles. The third kappa shape index (κ3) is 4.61. The molecular formula is C29H33NO7. The SMILES string of the molecule is CC(=O)O[C@]12CCC(C(=O)Nc3ccc(C)cc3)=CC[C@]13CC[C@H]2[C@@](C)(/C=C/C=C(\C)C(=O)O)OC3=O. The number of amides is 1. The molecule has 1 amide bonds. The first-order valence-electron chi connectivity index (χ1n) is 12.5. The van der Waals surface area contributed by atoms with Crippen LogP contribution in [-0.4, -0.2) is 40.1 Å². The van der Waals surface area contributed by atoms with E-state index < -0.39 is 34.5 Å². The van der Waals surface area contributed by atoms with E-state index in [4.69, 9.17) is 14.6 Å². The van der Waals surface area contributed by atoms with E-state index in [1.54, 1.807) is 25.2 Å². The predicted octanol–water partition coefficient (Wildman–Crippen LogP) is 4.64. The maximum Gasteiger partial charge on any atom is 0.331 e. The van der Waals surface area contributed by atoms with E-state index in [1.165, 1.54) is 19.9 Å². The number of rotatable bonds is 6. The zero-order valence-corrected chi connectivity index (χ0v) is 21.6. The summed E-state index contributed by atoms with van der Waals surface area (Å²) in [4.78, 5) is 50.4. The fourth-order valence-electron chi connectivity index (χ4n) is 6.19. The van der Waals surface area contributed by atoms with Crippen LogP contribution in [0.4, 0.5) is 5.69 Å². The van der Waals surface area contributed by atoms with E-state index in [0.717, 1.165) is 5.56 Å². The maximum atomic E-state index is 13.7. The first-order chi connectivity index (χ1) is 17.4. The molecule has 1 aliphatic heterocycles. The number of nitrogens with one attached hydrogen (secondary N) is 1. The topological polar surface area (TPSA) is 119 Å². The summed E-state index contributed by atoms with van der Waals surface area (Å²) in [5.41, 5.74) is -0.924. The Morgan fingerprint density at radius 2 is 1.86 bits per heavy atom. The van der Waals surface area contributed by atoms with Crippen LogP contribution in [0.25, 0.3) is 0 Å². The van der Waals surface area contributed by atoms with Crippen molar-refractivity contribution in [1.82, 2.24) is 0 Å². The van der Waals surface area contributed by atoms with Crippen molar-refractivity contribution in [2.24, 2.45) is 11.3 Å². The Morgan fingerprint density at radius 3 is 2.51 bits per heavy atom. The van der Waals surface area contributed by atoms with Crippen LogP contribution in [0.5, 0.6) is 0 Å². The standard InChI is InChI=1S/C29H33NO7/c1-18-7-9-22(10-8-18)30-24(32)21-11-15-28-16-13-23(29(28,17-12-21)36-20(3)31)27(4,37-26(28)35)14-5-6-19(2)25(33)34/h5-11,14,23H,12-13,15-17H2,1-4H3,(H,30,32)(H,33,34)/b14-5+,19-6+/t23-,27+,28+,29-/m0/s1. The lowest BCUT2D eigenvalue weighted by Gasteiger charge is -2.54. The molecular weight excluding hydrogens is 474 g/mol. The molecule has 1 saturated carbocycles. The van der Waals surface area contributed by atoms with Crippen LogP contribution in [0.1, 0.15) is 58.4 Å². The number of carboxylic acid groups (broad SMARTS) is 1. The Kier molecular flexibility index (Phi) is 6.88. The Balaban J connectivity index is 1.67. The van der Waals surface area contributed by atoms with Gasteiger partial charge in [0.05, 0.1) is 0 Å². The Hall–Kier alpha value is -3.68. The number of cyclic esters (lactones) is 1. The minimum atomic E-state index is -1.15. The molecule has 4 atom stereocenters. The van der Waals surface area contributed by atoms with Crippen LogP contribution in [-0.2, 0) is 28.7 Å². The summed E-state index contributed by atoms with van der Waals surface area (Å²) in [5.74, 6) is -2.61. The van der Waals surface area contributed by atoms with Crippen molar-refractivity contribution in [3.05, 3.63) is 65.3 Å². The highest BCUT2D eigenvalue weighted by molar-refractivity contribution is 6.04. The lowest BCUT2D eigenvalue weighted by Crippen LogP contribution is -2.65. The number of carbonyl (C=O) groups excluding carboxylic acids is 3. The first kappa shape index (κ1) is 26.4. The Bertz CT molecular complexity index is 1230. The number of aryl methyl sites for hydroxylation is 1. The van der Waals surface area contributed by atoms with Gasteiger partial charge in [-0.25, -0.2) is 4.79 Å². The second kappa shape index (κ2) is 9.65. The van der Waals surface area contributed by atoms with E-state index in [0.29, 0.717) is 36.9 Å². The third-order valence-corrected chi connectivity index (χ3v) is 8.13. The minimum Gasteiger partial charge on any atom is -0.478 e. The number of carbonyl (C=O) groups is 4. The van der Waals surface area contributed by atoms with Gasteiger partial charge in [0, 0.05) is 29.7 Å². The van der Waals surface area contributed by atoms with Gasteiger partial charge in [0.15, 0.2) is 0 Å². The molecule has 1 aromatic carbocycles. The van der Waals surface area contributed by atoms with Gasteiger partial charge in [-0.1, -0.05) is 35.9 Å². The van der Waals surface area contributed by atoms with E-state index in [1.807, 2.05) is 31.2 Å². The summed E-state index contributed by atoms with van der Waals surface area (Å²) < 4.78 is 12.1. The van der Waals surface area contributed by atoms with Crippen molar-refractivity contribution in [2.45, 2.75) is 71.0 Å². The highest BCUT2D eigenvalue weighted by atomic mass is 16.6. The van der Waals surface area contributed by atoms with Crippen molar-refractivity contribution < 1.29 is 33.8 Å². The van der Waals surface area contributed by atoms with Gasteiger partial charge < -0.3 is 19.9 Å². The molecule has 8 heteroatoms. The largest absolute Gasteiger partial charge is 0.478 e. The van der Waals surface area contributed by atoms with E-state index in [-0.39, 0.29) is 23.8 Å². The summed E-state index contributed by atoms with van der Waals surface area (Å²) in [7, 11) is 0. The van der Waals surface area contributed by atoms with Crippen LogP contribution in [0.2, 0.25) is 0 Å². The molecule has 4 rings (SSSR count). The normalized spacial score (nSPS) is 31.1. The molecule has 2 N–H and O–H groups in total. The van der Waals surface area contributed by atoms with Gasteiger partial charge in [-0.3, -0.25) is 14.4 Å². The van der Waals surface area contributed by atoms with E-state index in [2.05, 4.69) is 5.32 Å². The molecule has 0 unspecified atom stereocenters. The zero-order valence-electron chi connectivity index (χ0n) is 21.6. The number of hydrogen-bond acceptors (Lipinski definition) is 6. The van der Waals surface area contributed by atoms with Crippen LogP contribution in [0.3, 0.4) is 0 Å². The second-order valence-electron chi connectivity index (χ2n) is 10.5. The minimum absolute atomic E-state index is 0.139. The predicted molar refractivity (Wildman–Crippen MR) is 136 cm³/mol. The molecule has 37 heavy (non-hydrogen) atoms. The van der Waals surface area contributed by atoms with E-state index >= 15 is 0 Å². The summed E-state index contributed by atoms with van der Waals surface area (Å²) in [6, 6.07) is 7.50. The van der Waals surface area contributed by atoms with Crippen molar-refractivity contribution >= 4 is 29.5 Å². The molecule has 0 spiro atoms. The summed E-state index contributed by atoms with van der Waals surface area (Å²) in [5, 5.41) is 12.1. The fourth-order valence-corrected chi connectivity index (χ4v) is 6.19. The number of aliphatic carboxylic acids is 1. The first-order valence-corrected chi connectivity index (χ1v) is 12.5. The summed E-state index contributed by atoms with van der Waals surface area (Å²) >= 11 is 0. The average Bonchev–Trinajstić information content (AvgIpc) is 2.97. The quantitative estimate of drug-likeness (QED) is 0.327. The lowest BCUT2D eigenvalue weighted by molar-refractivity contribution is -0.235. The van der Waals surface area contributed by atoms with Crippen molar-refractivity contribution in [2.75, 3.05) is 5.32 Å². The van der Waals surface area contributed by atoms with Crippen molar-refractivity contribution in [3.63, 3.8) is 0 Å². The Labute approximate surface area is 216 Å². The van der Waals surface area contributed by atoms with Gasteiger partial charge in [-0.05, 0) is 71.1 Å². The van der Waals surface area contributed by atoms with Crippen molar-refractivity contribution in [3.8, 4) is 0 Å². The number of carboxylic acids is 1. The number of benzene rings is 1.